The Morgan fingerprint density at radius 3 is 2.65 bits per heavy atom. The van der Waals surface area contributed by atoms with Crippen molar-refractivity contribution in [3.05, 3.63) is 64.2 Å². The number of nitrogens with zero attached hydrogens (tertiary/aromatic N) is 3. The monoisotopic (exact) mass is 371 g/mol. The fraction of sp³-hybridized carbons (Fsp3) is 0.316. The smallest absolute Gasteiger partial charge is 0.271 e. The molecule has 26 heavy (non-hydrogen) atoms. The Kier molecular flexibility index (Phi) is 6.38. The zero-order valence-electron chi connectivity index (χ0n) is 14.6. The van der Waals surface area contributed by atoms with Crippen LogP contribution in [0.5, 0.6) is 0 Å². The first-order valence-electron chi connectivity index (χ1n) is 8.47. The number of hydrogen-bond donors (Lipinski definition) is 0. The van der Waals surface area contributed by atoms with Crippen molar-refractivity contribution >= 4 is 28.2 Å². The van der Waals surface area contributed by atoms with Gasteiger partial charge < -0.3 is 4.74 Å². The molecule has 1 heterocycles. The van der Waals surface area contributed by atoms with Gasteiger partial charge in [0.2, 0.25) is 0 Å². The second-order valence-corrected chi connectivity index (χ2v) is 7.23. The third kappa shape index (κ3) is 5.39. The van der Waals surface area contributed by atoms with E-state index in [-0.39, 0.29) is 5.69 Å². The van der Waals surface area contributed by atoms with Crippen LogP contribution in [0.2, 0.25) is 0 Å². The summed E-state index contributed by atoms with van der Waals surface area (Å²) in [5.74, 6) is 0. The van der Waals surface area contributed by atoms with Crippen LogP contribution in [0.3, 0.4) is 0 Å². The lowest BCUT2D eigenvalue weighted by Gasteiger charge is -2.26. The Morgan fingerprint density at radius 2 is 1.96 bits per heavy atom. The lowest BCUT2D eigenvalue weighted by Crippen LogP contribution is -2.39. The third-order valence-corrected chi connectivity index (χ3v) is 4.98. The van der Waals surface area contributed by atoms with Crippen LogP contribution in [-0.2, 0) is 4.74 Å². The lowest BCUT2D eigenvalue weighted by molar-refractivity contribution is -0.384. The van der Waals surface area contributed by atoms with Gasteiger partial charge in [-0.25, -0.2) is 4.99 Å². The summed E-state index contributed by atoms with van der Waals surface area (Å²) in [6.45, 7) is 5.92. The number of nitro groups is 1. The molecule has 7 heteroatoms. The minimum atomic E-state index is -0.395. The largest absolute Gasteiger partial charge is 0.379 e. The van der Waals surface area contributed by atoms with Crippen molar-refractivity contribution in [3.63, 3.8) is 0 Å². The van der Waals surface area contributed by atoms with Gasteiger partial charge in [-0.05, 0) is 25.1 Å². The van der Waals surface area contributed by atoms with Crippen LogP contribution in [0, 0.1) is 17.0 Å². The number of aryl methyl sites for hydroxylation is 1. The van der Waals surface area contributed by atoms with Crippen LogP contribution in [0.25, 0.3) is 0 Å². The highest BCUT2D eigenvalue weighted by Gasteiger charge is 2.15. The Hall–Kier alpha value is -2.22. The van der Waals surface area contributed by atoms with Gasteiger partial charge in [0, 0.05) is 36.7 Å². The standard InChI is InChI=1S/C19H21N3O3S/c1-15-5-7-18(8-6-15)26-19(14-21-9-11-25-12-10-21)20-16-3-2-4-17(13-16)22(23)24/h2-8,13H,9-12,14H2,1H3. The van der Waals surface area contributed by atoms with E-state index < -0.39 is 4.92 Å². The van der Waals surface area contributed by atoms with Gasteiger partial charge in [0.1, 0.15) is 0 Å². The van der Waals surface area contributed by atoms with Crippen molar-refractivity contribution in [2.45, 2.75) is 11.8 Å². The fourth-order valence-electron chi connectivity index (χ4n) is 2.60. The molecule has 136 valence electrons. The molecule has 0 N–H and O–H groups in total. The Bertz CT molecular complexity index is 787. The van der Waals surface area contributed by atoms with E-state index in [4.69, 9.17) is 9.73 Å². The van der Waals surface area contributed by atoms with E-state index in [1.54, 1.807) is 23.9 Å². The van der Waals surface area contributed by atoms with E-state index in [0.717, 1.165) is 36.2 Å². The highest BCUT2D eigenvalue weighted by atomic mass is 32.2. The molecule has 0 aliphatic carbocycles. The Morgan fingerprint density at radius 1 is 1.23 bits per heavy atom. The van der Waals surface area contributed by atoms with E-state index in [2.05, 4.69) is 36.1 Å². The normalized spacial score (nSPS) is 15.8. The van der Waals surface area contributed by atoms with Gasteiger partial charge in [-0.2, -0.15) is 0 Å². The predicted molar refractivity (Wildman–Crippen MR) is 104 cm³/mol. The summed E-state index contributed by atoms with van der Waals surface area (Å²) in [5, 5.41) is 11.9. The molecule has 0 atom stereocenters. The van der Waals surface area contributed by atoms with Crippen molar-refractivity contribution in [2.75, 3.05) is 32.8 Å². The first kappa shape index (κ1) is 18.6. The first-order valence-corrected chi connectivity index (χ1v) is 9.28. The summed E-state index contributed by atoms with van der Waals surface area (Å²) in [5.41, 5.74) is 1.86. The SMILES string of the molecule is Cc1ccc(SC(CN2CCOCC2)=Nc2cccc([N+](=O)[O-])c2)cc1. The number of thioether (sulfide) groups is 1. The summed E-state index contributed by atoms with van der Waals surface area (Å²) in [4.78, 5) is 18.7. The molecule has 6 nitrogen and oxygen atoms in total. The van der Waals surface area contributed by atoms with Gasteiger partial charge in [-0.15, -0.1) is 0 Å². The average Bonchev–Trinajstić information content (AvgIpc) is 2.64. The highest BCUT2D eigenvalue weighted by molar-refractivity contribution is 8.14. The van der Waals surface area contributed by atoms with E-state index in [1.807, 2.05) is 0 Å². The van der Waals surface area contributed by atoms with Gasteiger partial charge in [-0.1, -0.05) is 35.5 Å². The van der Waals surface area contributed by atoms with Crippen molar-refractivity contribution < 1.29 is 9.66 Å². The van der Waals surface area contributed by atoms with Gasteiger partial charge >= 0.3 is 0 Å². The van der Waals surface area contributed by atoms with Crippen LogP contribution in [-0.4, -0.2) is 47.7 Å². The van der Waals surface area contributed by atoms with Crippen molar-refractivity contribution in [1.29, 1.82) is 0 Å². The predicted octanol–water partition coefficient (Wildman–Crippen LogP) is 4.06. The second kappa shape index (κ2) is 8.93. The zero-order chi connectivity index (χ0) is 18.4. The molecule has 0 spiro atoms. The molecule has 0 aromatic heterocycles. The van der Waals surface area contributed by atoms with E-state index in [9.17, 15) is 10.1 Å². The van der Waals surface area contributed by atoms with Crippen LogP contribution in [0.4, 0.5) is 11.4 Å². The number of nitro benzene ring substituents is 1. The van der Waals surface area contributed by atoms with Gasteiger partial charge in [0.05, 0.1) is 28.9 Å². The summed E-state index contributed by atoms with van der Waals surface area (Å²) in [6, 6.07) is 14.7. The maximum absolute atomic E-state index is 11.0. The van der Waals surface area contributed by atoms with Crippen molar-refractivity contribution in [3.8, 4) is 0 Å². The zero-order valence-corrected chi connectivity index (χ0v) is 15.4. The topological polar surface area (TPSA) is 68.0 Å². The number of hydrogen-bond acceptors (Lipinski definition) is 6. The number of rotatable bonds is 5. The van der Waals surface area contributed by atoms with Gasteiger partial charge in [-0.3, -0.25) is 15.0 Å². The quantitative estimate of drug-likeness (QED) is 0.261. The average molecular weight is 371 g/mol. The molecule has 0 bridgehead atoms. The van der Waals surface area contributed by atoms with E-state index >= 15 is 0 Å². The molecule has 1 saturated heterocycles. The number of non-ortho nitro benzene ring substituents is 1. The van der Waals surface area contributed by atoms with E-state index in [1.165, 1.54) is 17.7 Å². The molecule has 3 rings (SSSR count). The molecule has 0 amide bonds. The maximum atomic E-state index is 11.0. The maximum Gasteiger partial charge on any atom is 0.271 e. The molecule has 1 aliphatic heterocycles. The van der Waals surface area contributed by atoms with Crippen LogP contribution >= 0.6 is 11.8 Å². The van der Waals surface area contributed by atoms with Crippen molar-refractivity contribution in [1.82, 2.24) is 4.90 Å². The molecule has 1 fully saturated rings. The molecule has 2 aromatic carbocycles. The Balaban J connectivity index is 1.84. The summed E-state index contributed by atoms with van der Waals surface area (Å²) in [7, 11) is 0. The van der Waals surface area contributed by atoms with Crippen molar-refractivity contribution in [2.24, 2.45) is 4.99 Å². The minimum absolute atomic E-state index is 0.0531. The summed E-state index contributed by atoms with van der Waals surface area (Å²) < 4.78 is 5.41. The fourth-order valence-corrected chi connectivity index (χ4v) is 3.55. The molecule has 2 aromatic rings. The molecular weight excluding hydrogens is 350 g/mol. The third-order valence-electron chi connectivity index (χ3n) is 4.01. The molecule has 1 aliphatic rings. The van der Waals surface area contributed by atoms with Crippen LogP contribution < -0.4 is 0 Å². The molecule has 0 saturated carbocycles. The lowest BCUT2D eigenvalue weighted by atomic mass is 10.2. The molecule has 0 radical (unpaired) electrons. The second-order valence-electron chi connectivity index (χ2n) is 6.09. The summed E-state index contributed by atoms with van der Waals surface area (Å²) >= 11 is 1.60. The molecular formula is C19H21N3O3S. The Labute approximate surface area is 157 Å². The van der Waals surface area contributed by atoms with Gasteiger partial charge in [0.25, 0.3) is 5.69 Å². The highest BCUT2D eigenvalue weighted by Crippen LogP contribution is 2.26. The van der Waals surface area contributed by atoms with E-state index in [0.29, 0.717) is 12.2 Å². The summed E-state index contributed by atoms with van der Waals surface area (Å²) in [6.07, 6.45) is 0. The number of morpholine rings is 1. The van der Waals surface area contributed by atoms with Gasteiger partial charge in [0.15, 0.2) is 0 Å². The van der Waals surface area contributed by atoms with Crippen LogP contribution in [0.1, 0.15) is 5.56 Å². The number of benzene rings is 2. The molecule has 0 unspecified atom stereocenters. The van der Waals surface area contributed by atoms with Crippen LogP contribution in [0.15, 0.2) is 58.4 Å². The first-order chi connectivity index (χ1) is 12.6. The number of ether oxygens (including phenoxy) is 1. The number of aliphatic imine (C=N–C) groups is 1. The minimum Gasteiger partial charge on any atom is -0.379 e.